The second kappa shape index (κ2) is 6.95. The van der Waals surface area contributed by atoms with Gasteiger partial charge in [-0.25, -0.2) is 9.18 Å². The molecule has 11 heteroatoms. The lowest BCUT2D eigenvalue weighted by molar-refractivity contribution is -0.0555. The first-order valence-corrected chi connectivity index (χ1v) is 8.39. The maximum Gasteiger partial charge on any atom is 0.333 e. The molecule has 1 fully saturated rings. The van der Waals surface area contributed by atoms with Crippen LogP contribution >= 0.6 is 0 Å². The summed E-state index contributed by atoms with van der Waals surface area (Å²) in [4.78, 5) is 25.0. The molecule has 1 aliphatic heterocycles. The molecule has 3 heterocycles. The minimum Gasteiger partial charge on any atom is -0.394 e. The van der Waals surface area contributed by atoms with Crippen LogP contribution in [0.15, 0.2) is 44.6 Å². The number of para-hydroxylation sites is 1. The van der Waals surface area contributed by atoms with Crippen molar-refractivity contribution in [1.29, 1.82) is 0 Å². The van der Waals surface area contributed by atoms with Crippen LogP contribution in [0.25, 0.3) is 11.0 Å². The third-order valence-electron chi connectivity index (χ3n) is 4.72. The van der Waals surface area contributed by atoms with E-state index in [0.29, 0.717) is 5.39 Å². The number of hydrogen-bond donors (Lipinski definition) is 3. The van der Waals surface area contributed by atoms with Gasteiger partial charge in [0.2, 0.25) is 5.58 Å². The van der Waals surface area contributed by atoms with Gasteiger partial charge in [-0.15, -0.1) is 0 Å². The van der Waals surface area contributed by atoms with Gasteiger partial charge in [0.05, 0.1) is 13.2 Å². The summed E-state index contributed by atoms with van der Waals surface area (Å²) in [7, 11) is 0. The van der Waals surface area contributed by atoms with E-state index in [-0.39, 0.29) is 17.8 Å². The second-order valence-electron chi connectivity index (χ2n) is 6.40. The van der Waals surface area contributed by atoms with E-state index in [0.717, 1.165) is 21.4 Å². The van der Waals surface area contributed by atoms with Gasteiger partial charge >= 0.3 is 5.69 Å². The molecule has 3 aromatic rings. The summed E-state index contributed by atoms with van der Waals surface area (Å²) >= 11 is 0. The summed E-state index contributed by atoms with van der Waals surface area (Å²) in [6.45, 7) is -0.858. The zero-order chi connectivity index (χ0) is 20.0. The molecule has 28 heavy (non-hydrogen) atoms. The van der Waals surface area contributed by atoms with E-state index in [4.69, 9.17) is 9.26 Å². The summed E-state index contributed by atoms with van der Waals surface area (Å²) in [5.41, 5.74) is -1.41. The lowest BCUT2D eigenvalue weighted by Crippen LogP contribution is -2.43. The Kier molecular flexibility index (Phi) is 4.59. The molecule has 4 atom stereocenters. The molecule has 10 nitrogen and oxygen atoms in total. The molecule has 0 saturated carbocycles. The third kappa shape index (κ3) is 2.85. The molecular weight excluding hydrogens is 377 g/mol. The lowest BCUT2D eigenvalue weighted by atomic mass is 10.1. The molecule has 1 aromatic carbocycles. The van der Waals surface area contributed by atoms with E-state index in [9.17, 15) is 29.3 Å². The molecule has 0 spiro atoms. The van der Waals surface area contributed by atoms with Crippen LogP contribution in [-0.4, -0.2) is 54.5 Å². The largest absolute Gasteiger partial charge is 0.394 e. The average molecular weight is 393 g/mol. The van der Waals surface area contributed by atoms with Crippen molar-refractivity contribution < 1.29 is 29.0 Å². The molecule has 0 amide bonds. The quantitative estimate of drug-likeness (QED) is 0.510. The van der Waals surface area contributed by atoms with Gasteiger partial charge in [0, 0.05) is 17.6 Å². The van der Waals surface area contributed by atoms with Gasteiger partial charge in [0.1, 0.15) is 24.0 Å². The van der Waals surface area contributed by atoms with Gasteiger partial charge in [0.25, 0.3) is 5.56 Å². The molecular formula is C17H16FN3O7. The fourth-order valence-corrected chi connectivity index (χ4v) is 3.22. The number of halogens is 1. The van der Waals surface area contributed by atoms with Gasteiger partial charge < -0.3 is 24.6 Å². The van der Waals surface area contributed by atoms with Crippen molar-refractivity contribution in [2.45, 2.75) is 31.1 Å². The van der Waals surface area contributed by atoms with Crippen molar-refractivity contribution >= 4 is 11.0 Å². The Morgan fingerprint density at radius 3 is 2.68 bits per heavy atom. The van der Waals surface area contributed by atoms with Crippen LogP contribution in [0, 0.1) is 5.82 Å². The van der Waals surface area contributed by atoms with Crippen molar-refractivity contribution in [3.63, 3.8) is 0 Å². The van der Waals surface area contributed by atoms with Crippen molar-refractivity contribution in [2.24, 2.45) is 0 Å². The van der Waals surface area contributed by atoms with E-state index in [1.165, 1.54) is 12.1 Å². The first kappa shape index (κ1) is 18.5. The van der Waals surface area contributed by atoms with E-state index < -0.39 is 48.2 Å². The molecule has 148 valence electrons. The first-order chi connectivity index (χ1) is 13.4. The van der Waals surface area contributed by atoms with Crippen LogP contribution in [0.2, 0.25) is 0 Å². The van der Waals surface area contributed by atoms with Gasteiger partial charge in [-0.05, 0) is 12.1 Å². The highest BCUT2D eigenvalue weighted by atomic mass is 19.1. The Bertz CT molecular complexity index is 1140. The Labute approximate surface area is 155 Å². The maximum atomic E-state index is 13.8. The summed E-state index contributed by atoms with van der Waals surface area (Å²) in [6.07, 6.45) is -4.12. The third-order valence-corrected chi connectivity index (χ3v) is 4.72. The van der Waals surface area contributed by atoms with Crippen molar-refractivity contribution in [3.05, 3.63) is 62.8 Å². The number of benzene rings is 1. The number of nitrogens with zero attached hydrogens (tertiary/aromatic N) is 3. The summed E-state index contributed by atoms with van der Waals surface area (Å²) < 4.78 is 25.8. The SMILES string of the molecule is O=c1ccn([C@@H]2O[C@H](CO)[C@H](O)[C@@H]2O)c(=O)n1Cc1noc2c(F)cccc12. The molecule has 0 aliphatic carbocycles. The normalized spacial score (nSPS) is 24.9. The number of ether oxygens (including phenoxy) is 1. The second-order valence-corrected chi connectivity index (χ2v) is 6.40. The van der Waals surface area contributed by atoms with E-state index in [2.05, 4.69) is 5.16 Å². The highest BCUT2D eigenvalue weighted by Gasteiger charge is 2.43. The maximum absolute atomic E-state index is 13.8. The molecule has 0 bridgehead atoms. The summed E-state index contributed by atoms with van der Waals surface area (Å²) in [6, 6.07) is 5.27. The van der Waals surface area contributed by atoms with Crippen molar-refractivity contribution in [3.8, 4) is 0 Å². The minimum absolute atomic E-state index is 0.0923. The van der Waals surface area contributed by atoms with E-state index in [1.807, 2.05) is 0 Å². The first-order valence-electron chi connectivity index (χ1n) is 8.39. The van der Waals surface area contributed by atoms with Crippen LogP contribution in [0.5, 0.6) is 0 Å². The minimum atomic E-state index is -1.48. The molecule has 0 unspecified atom stereocenters. The fourth-order valence-electron chi connectivity index (χ4n) is 3.22. The Morgan fingerprint density at radius 1 is 1.18 bits per heavy atom. The smallest absolute Gasteiger partial charge is 0.333 e. The predicted octanol–water partition coefficient (Wildman–Crippen LogP) is -1.05. The van der Waals surface area contributed by atoms with Crippen LogP contribution in [0.3, 0.4) is 0 Å². The van der Waals surface area contributed by atoms with E-state index in [1.54, 1.807) is 6.07 Å². The number of fused-ring (bicyclic) bond motifs is 1. The van der Waals surface area contributed by atoms with Gasteiger partial charge in [-0.1, -0.05) is 11.2 Å². The molecule has 2 aromatic heterocycles. The summed E-state index contributed by atoms with van der Waals surface area (Å²) in [5.74, 6) is -0.624. The van der Waals surface area contributed by atoms with Crippen LogP contribution in [0.4, 0.5) is 4.39 Å². The average Bonchev–Trinajstić information content (AvgIpc) is 3.22. The highest BCUT2D eigenvalue weighted by Crippen LogP contribution is 2.28. The number of aromatic nitrogens is 3. The molecule has 1 aliphatic rings. The van der Waals surface area contributed by atoms with Crippen LogP contribution in [-0.2, 0) is 11.3 Å². The zero-order valence-electron chi connectivity index (χ0n) is 14.3. The molecule has 1 saturated heterocycles. The molecule has 0 radical (unpaired) electrons. The highest BCUT2D eigenvalue weighted by molar-refractivity contribution is 5.79. The van der Waals surface area contributed by atoms with Gasteiger partial charge in [0.15, 0.2) is 12.0 Å². The van der Waals surface area contributed by atoms with Crippen LogP contribution < -0.4 is 11.2 Å². The number of aliphatic hydroxyl groups is 3. The van der Waals surface area contributed by atoms with Gasteiger partial charge in [-0.2, -0.15) is 0 Å². The monoisotopic (exact) mass is 393 g/mol. The number of hydrogen-bond acceptors (Lipinski definition) is 8. The Balaban J connectivity index is 1.75. The van der Waals surface area contributed by atoms with Crippen molar-refractivity contribution in [2.75, 3.05) is 6.61 Å². The topological polar surface area (TPSA) is 140 Å². The number of rotatable bonds is 4. The number of aliphatic hydroxyl groups excluding tert-OH is 3. The standard InChI is InChI=1S/C17H16FN3O7/c18-9-3-1-2-8-10(19-28-15(8)9)6-21-12(23)4-5-20(17(21)26)16-14(25)13(24)11(7-22)27-16/h1-5,11,13-14,16,22,24-25H,6-7H2/t11-,13+,14+,16-/m1/s1. The fraction of sp³-hybridized carbons (Fsp3) is 0.353. The lowest BCUT2D eigenvalue weighted by Gasteiger charge is -2.18. The van der Waals surface area contributed by atoms with Gasteiger partial charge in [-0.3, -0.25) is 13.9 Å². The molecule has 4 rings (SSSR count). The predicted molar refractivity (Wildman–Crippen MR) is 91.0 cm³/mol. The van der Waals surface area contributed by atoms with Crippen LogP contribution in [0.1, 0.15) is 11.9 Å². The van der Waals surface area contributed by atoms with E-state index >= 15 is 0 Å². The summed E-state index contributed by atoms with van der Waals surface area (Å²) in [5, 5.41) is 33.2. The molecule has 3 N–H and O–H groups in total. The van der Waals surface area contributed by atoms with Crippen molar-refractivity contribution in [1.82, 2.24) is 14.3 Å². The Morgan fingerprint density at radius 2 is 1.96 bits per heavy atom. The Hall–Kier alpha value is -2.86. The zero-order valence-corrected chi connectivity index (χ0v) is 14.3.